The number of fused-ring (bicyclic) bond motifs is 1. The zero-order valence-corrected chi connectivity index (χ0v) is 11.2. The van der Waals surface area contributed by atoms with Crippen molar-refractivity contribution in [3.8, 4) is 0 Å². The highest BCUT2D eigenvalue weighted by Gasteiger charge is 2.04. The van der Waals surface area contributed by atoms with Gasteiger partial charge in [-0.1, -0.05) is 18.3 Å². The van der Waals surface area contributed by atoms with E-state index in [1.807, 2.05) is 18.2 Å². The largest absolute Gasteiger partial charge is 0.411 e. The number of nitrogens with one attached hydrogen (secondary N) is 1. The summed E-state index contributed by atoms with van der Waals surface area (Å²) in [6, 6.07) is 5.76. The van der Waals surface area contributed by atoms with Crippen LogP contribution in [0.15, 0.2) is 29.4 Å². The highest BCUT2D eigenvalue weighted by Crippen LogP contribution is 2.15. The first-order valence-corrected chi connectivity index (χ1v) is 6.17. The molecule has 0 atom stereocenters. The minimum absolute atomic E-state index is 0.676. The fourth-order valence-electron chi connectivity index (χ4n) is 1.81. The molecular formula is C12H14N4O2S. The van der Waals surface area contributed by atoms with Crippen LogP contribution in [-0.2, 0) is 11.3 Å². The standard InChI is InChI=1S/C12H14N4O2S/c1-18-15-12(13-8-19)5-3-9-2-4-11-10(6-9)7-14-16(11)17/h2,4,6-8,17H,3,5H2,1H3,(H,13,15,19). The van der Waals surface area contributed by atoms with E-state index < -0.39 is 0 Å². The van der Waals surface area contributed by atoms with Gasteiger partial charge in [-0.05, 0) is 24.1 Å². The molecule has 0 unspecified atom stereocenters. The van der Waals surface area contributed by atoms with Gasteiger partial charge in [0.2, 0.25) is 0 Å². The Balaban J connectivity index is 2.08. The highest BCUT2D eigenvalue weighted by molar-refractivity contribution is 7.78. The summed E-state index contributed by atoms with van der Waals surface area (Å²) in [4.78, 5) is 9.70. The molecule has 0 aliphatic rings. The third kappa shape index (κ3) is 3.27. The molecule has 0 saturated heterocycles. The maximum atomic E-state index is 9.40. The molecule has 1 heterocycles. The Labute approximate surface area is 115 Å². The summed E-state index contributed by atoms with van der Waals surface area (Å²) in [7, 11) is 1.53. The van der Waals surface area contributed by atoms with E-state index in [0.717, 1.165) is 22.2 Å². The molecule has 0 aliphatic heterocycles. The Morgan fingerprint density at radius 3 is 3.21 bits per heavy atom. The number of aromatic nitrogens is 2. The minimum Gasteiger partial charge on any atom is -0.411 e. The number of aliphatic imine (C=N–C) groups is 1. The number of hydrogen-bond donors (Lipinski definition) is 2. The highest BCUT2D eigenvalue weighted by atomic mass is 32.1. The van der Waals surface area contributed by atoms with Gasteiger partial charge in [-0.3, -0.25) is 10.3 Å². The molecule has 0 fully saturated rings. The first kappa shape index (κ1) is 13.4. The summed E-state index contributed by atoms with van der Waals surface area (Å²) in [5.74, 6) is 0.676. The van der Waals surface area contributed by atoms with E-state index in [4.69, 9.17) is 17.1 Å². The number of benzene rings is 1. The molecule has 2 aromatic rings. The second-order valence-corrected chi connectivity index (χ2v) is 4.13. The summed E-state index contributed by atoms with van der Waals surface area (Å²) >= 11 is 4.69. The van der Waals surface area contributed by atoms with Gasteiger partial charge in [-0.15, -0.1) is 9.94 Å². The number of nitrogens with zero attached hydrogens (tertiary/aromatic N) is 3. The summed E-state index contributed by atoms with van der Waals surface area (Å²) in [5, 5.41) is 14.1. The zero-order chi connectivity index (χ0) is 13.7. The minimum atomic E-state index is 0.676. The number of aryl methyl sites for hydroxylation is 1. The predicted octanol–water partition coefficient (Wildman–Crippen LogP) is 1.71. The van der Waals surface area contributed by atoms with Gasteiger partial charge >= 0.3 is 0 Å². The average molecular weight is 278 g/mol. The Bertz CT molecular complexity index is 609. The van der Waals surface area contributed by atoms with Crippen molar-refractivity contribution in [3.05, 3.63) is 30.0 Å². The first-order valence-electron chi connectivity index (χ1n) is 5.70. The summed E-state index contributed by atoms with van der Waals surface area (Å²) in [6.07, 6.45) is 3.09. The molecule has 0 spiro atoms. The molecule has 0 bridgehead atoms. The van der Waals surface area contributed by atoms with Gasteiger partial charge in [0.15, 0.2) is 0 Å². The quantitative estimate of drug-likeness (QED) is 0.286. The van der Waals surface area contributed by atoms with E-state index in [1.54, 1.807) is 6.20 Å². The fraction of sp³-hybridized carbons (Fsp3) is 0.250. The van der Waals surface area contributed by atoms with Crippen LogP contribution in [0.4, 0.5) is 0 Å². The van der Waals surface area contributed by atoms with Crippen molar-refractivity contribution in [3.63, 3.8) is 0 Å². The molecule has 0 saturated carbocycles. The zero-order valence-electron chi connectivity index (χ0n) is 10.4. The van der Waals surface area contributed by atoms with Gasteiger partial charge in [-0.25, -0.2) is 4.99 Å². The third-order valence-corrected chi connectivity index (χ3v) is 2.80. The van der Waals surface area contributed by atoms with Crippen LogP contribution in [-0.4, -0.2) is 33.6 Å². The predicted molar refractivity (Wildman–Crippen MR) is 76.5 cm³/mol. The van der Waals surface area contributed by atoms with Crippen molar-refractivity contribution in [1.29, 1.82) is 0 Å². The Kier molecular flexibility index (Phi) is 4.43. The van der Waals surface area contributed by atoms with E-state index in [0.29, 0.717) is 17.8 Å². The van der Waals surface area contributed by atoms with Gasteiger partial charge < -0.3 is 5.21 Å². The van der Waals surface area contributed by atoms with Crippen LogP contribution in [0, 0.1) is 0 Å². The van der Waals surface area contributed by atoms with Crippen molar-refractivity contribution in [2.45, 2.75) is 12.8 Å². The molecule has 7 heteroatoms. The van der Waals surface area contributed by atoms with Crippen LogP contribution in [0.3, 0.4) is 0 Å². The Morgan fingerprint density at radius 1 is 1.63 bits per heavy atom. The topological polar surface area (TPSA) is 71.7 Å². The normalized spacial score (nSPS) is 11.7. The van der Waals surface area contributed by atoms with Gasteiger partial charge in [0.25, 0.3) is 0 Å². The van der Waals surface area contributed by atoms with Crippen LogP contribution in [0.5, 0.6) is 0 Å². The van der Waals surface area contributed by atoms with Gasteiger partial charge in [0.05, 0.1) is 18.8 Å². The average Bonchev–Trinajstić information content (AvgIpc) is 2.78. The molecule has 100 valence electrons. The summed E-state index contributed by atoms with van der Waals surface area (Å²) in [5.41, 5.74) is 5.80. The molecule has 1 aromatic heterocycles. The third-order valence-electron chi connectivity index (χ3n) is 2.69. The Morgan fingerprint density at radius 2 is 2.47 bits per heavy atom. The fourth-order valence-corrected chi connectivity index (χ4v) is 1.94. The van der Waals surface area contributed by atoms with E-state index in [1.165, 1.54) is 12.6 Å². The monoisotopic (exact) mass is 278 g/mol. The van der Waals surface area contributed by atoms with Crippen molar-refractivity contribution in [1.82, 2.24) is 15.4 Å². The molecule has 2 N–H and O–H groups in total. The summed E-state index contributed by atoms with van der Waals surface area (Å²) < 4.78 is 0. The van der Waals surface area contributed by atoms with Gasteiger partial charge in [0.1, 0.15) is 11.4 Å². The van der Waals surface area contributed by atoms with Gasteiger partial charge in [-0.2, -0.15) is 0 Å². The molecule has 19 heavy (non-hydrogen) atoms. The maximum absolute atomic E-state index is 9.40. The first-order chi connectivity index (χ1) is 9.24. The molecule has 0 amide bonds. The number of amidine groups is 1. The lowest BCUT2D eigenvalue weighted by Crippen LogP contribution is -2.22. The second kappa shape index (κ2) is 6.26. The van der Waals surface area contributed by atoms with E-state index in [2.05, 4.69) is 15.6 Å². The molecule has 0 radical (unpaired) electrons. The van der Waals surface area contributed by atoms with E-state index in [9.17, 15) is 5.21 Å². The smallest absolute Gasteiger partial charge is 0.127 e. The van der Waals surface area contributed by atoms with Crippen LogP contribution >= 0.6 is 12.2 Å². The molecular weight excluding hydrogens is 264 g/mol. The lowest BCUT2D eigenvalue weighted by molar-refractivity contribution is 0.143. The lowest BCUT2D eigenvalue weighted by atomic mass is 10.1. The van der Waals surface area contributed by atoms with E-state index >= 15 is 0 Å². The lowest BCUT2D eigenvalue weighted by Gasteiger charge is -2.06. The second-order valence-electron chi connectivity index (χ2n) is 3.91. The van der Waals surface area contributed by atoms with Gasteiger partial charge in [0, 0.05) is 11.8 Å². The van der Waals surface area contributed by atoms with Crippen molar-refractivity contribution >= 4 is 34.4 Å². The number of hydroxylamine groups is 1. The maximum Gasteiger partial charge on any atom is 0.127 e. The Hall–Kier alpha value is -1.99. The summed E-state index contributed by atoms with van der Waals surface area (Å²) in [6.45, 7) is 0. The van der Waals surface area contributed by atoms with E-state index in [-0.39, 0.29) is 0 Å². The van der Waals surface area contributed by atoms with Crippen molar-refractivity contribution in [2.75, 3.05) is 7.11 Å². The number of thiocarbonyl (C=S) groups is 1. The SMILES string of the molecule is CONC(CCc1ccc2c(cnn2O)c1)=NC=S. The van der Waals surface area contributed by atoms with Crippen LogP contribution < -0.4 is 5.48 Å². The molecule has 2 rings (SSSR count). The number of rotatable bonds is 5. The van der Waals surface area contributed by atoms with Crippen LogP contribution in [0.1, 0.15) is 12.0 Å². The molecule has 1 aromatic carbocycles. The van der Waals surface area contributed by atoms with Crippen LogP contribution in [0.2, 0.25) is 0 Å². The van der Waals surface area contributed by atoms with Crippen molar-refractivity contribution < 1.29 is 10.0 Å². The molecule has 6 nitrogen and oxygen atoms in total. The van der Waals surface area contributed by atoms with Crippen molar-refractivity contribution in [2.24, 2.45) is 4.99 Å². The van der Waals surface area contributed by atoms with Crippen LogP contribution in [0.25, 0.3) is 10.9 Å². The number of hydrogen-bond acceptors (Lipinski definition) is 4. The molecule has 0 aliphatic carbocycles.